The summed E-state index contributed by atoms with van der Waals surface area (Å²) in [6.07, 6.45) is 0. The minimum atomic E-state index is -0.360. The van der Waals surface area contributed by atoms with Gasteiger partial charge in [0.15, 0.2) is 0 Å². The zero-order valence-corrected chi connectivity index (χ0v) is 16.4. The van der Waals surface area contributed by atoms with Gasteiger partial charge >= 0.3 is 0 Å². The van der Waals surface area contributed by atoms with Crippen molar-refractivity contribution < 1.29 is 9.47 Å². The Morgan fingerprint density at radius 1 is 0.483 bits per heavy atom. The molecule has 6 rings (SSSR count). The van der Waals surface area contributed by atoms with Crippen molar-refractivity contribution in [3.63, 3.8) is 0 Å². The Hall–Kier alpha value is -3.52. The van der Waals surface area contributed by atoms with Gasteiger partial charge in [0.05, 0.1) is 19.6 Å². The molecule has 0 unspecified atom stereocenters. The Morgan fingerprint density at radius 2 is 0.897 bits per heavy atom. The lowest BCUT2D eigenvalue weighted by Gasteiger charge is -2.30. The van der Waals surface area contributed by atoms with Crippen LogP contribution in [0, 0.1) is 0 Å². The number of hydrogen-bond donors (Lipinski definition) is 0. The summed E-state index contributed by atoms with van der Waals surface area (Å²) in [7, 11) is 3.46. The van der Waals surface area contributed by atoms with E-state index >= 15 is 0 Å². The molecule has 4 aromatic carbocycles. The molecule has 0 fully saturated rings. The predicted octanol–water partition coefficient (Wildman–Crippen LogP) is 6.05. The maximum atomic E-state index is 5.64. The molecule has 0 heterocycles. The highest BCUT2D eigenvalue weighted by Crippen LogP contribution is 2.63. The topological polar surface area (TPSA) is 18.5 Å². The molecule has 2 nitrogen and oxygen atoms in total. The van der Waals surface area contributed by atoms with Gasteiger partial charge in [-0.2, -0.15) is 0 Å². The van der Waals surface area contributed by atoms with Crippen molar-refractivity contribution in [2.75, 3.05) is 14.2 Å². The first-order valence-electron chi connectivity index (χ1n) is 9.86. The second kappa shape index (κ2) is 5.74. The molecule has 0 bridgehead atoms. The van der Waals surface area contributed by atoms with Gasteiger partial charge in [0, 0.05) is 0 Å². The zero-order chi connectivity index (χ0) is 19.6. The van der Waals surface area contributed by atoms with E-state index in [-0.39, 0.29) is 5.41 Å². The summed E-state index contributed by atoms with van der Waals surface area (Å²) in [5, 5.41) is 0. The fourth-order valence-electron chi connectivity index (χ4n) is 5.35. The maximum Gasteiger partial charge on any atom is 0.119 e. The highest BCUT2D eigenvalue weighted by Gasteiger charge is 2.51. The minimum absolute atomic E-state index is 0.360. The molecule has 0 atom stereocenters. The summed E-state index contributed by atoms with van der Waals surface area (Å²) in [6.45, 7) is 0. The van der Waals surface area contributed by atoms with Crippen LogP contribution in [0.1, 0.15) is 22.3 Å². The summed E-state index contributed by atoms with van der Waals surface area (Å²) in [5.41, 5.74) is 9.95. The van der Waals surface area contributed by atoms with Gasteiger partial charge in [-0.15, -0.1) is 0 Å². The van der Waals surface area contributed by atoms with Crippen molar-refractivity contribution in [2.45, 2.75) is 5.41 Å². The molecule has 29 heavy (non-hydrogen) atoms. The Balaban J connectivity index is 1.83. The minimum Gasteiger partial charge on any atom is -0.497 e. The van der Waals surface area contributed by atoms with Gasteiger partial charge in [-0.3, -0.25) is 0 Å². The lowest BCUT2D eigenvalue weighted by molar-refractivity contribution is 0.413. The maximum absolute atomic E-state index is 5.64. The summed E-state index contributed by atoms with van der Waals surface area (Å²) < 4.78 is 11.3. The highest BCUT2D eigenvalue weighted by molar-refractivity contribution is 5.95. The number of methoxy groups -OCH3 is 2. The molecule has 0 aliphatic heterocycles. The summed E-state index contributed by atoms with van der Waals surface area (Å²) >= 11 is 0. The lowest BCUT2D eigenvalue weighted by atomic mass is 9.70. The van der Waals surface area contributed by atoms with Crippen LogP contribution in [-0.2, 0) is 5.41 Å². The third-order valence-electron chi connectivity index (χ3n) is 6.50. The van der Waals surface area contributed by atoms with E-state index in [1.807, 2.05) is 0 Å². The van der Waals surface area contributed by atoms with Crippen molar-refractivity contribution in [1.82, 2.24) is 0 Å². The molecule has 0 amide bonds. The molecule has 0 aromatic heterocycles. The molecule has 2 aliphatic carbocycles. The smallest absolute Gasteiger partial charge is 0.119 e. The van der Waals surface area contributed by atoms with Crippen molar-refractivity contribution in [1.29, 1.82) is 0 Å². The van der Waals surface area contributed by atoms with Crippen LogP contribution in [0.2, 0.25) is 0 Å². The average Bonchev–Trinajstić information content (AvgIpc) is 3.25. The zero-order valence-electron chi connectivity index (χ0n) is 16.4. The van der Waals surface area contributed by atoms with Crippen molar-refractivity contribution >= 4 is 0 Å². The Labute approximate surface area is 170 Å². The summed E-state index contributed by atoms with van der Waals surface area (Å²) in [6, 6.07) is 30.5. The Morgan fingerprint density at radius 3 is 1.34 bits per heavy atom. The third-order valence-corrected chi connectivity index (χ3v) is 6.50. The van der Waals surface area contributed by atoms with Crippen molar-refractivity contribution in [3.8, 4) is 33.8 Å². The predicted molar refractivity (Wildman–Crippen MR) is 116 cm³/mol. The number of fused-ring (bicyclic) bond motifs is 10. The molecule has 0 saturated carbocycles. The van der Waals surface area contributed by atoms with Crippen LogP contribution in [0.4, 0.5) is 0 Å². The molecule has 4 aromatic rings. The van der Waals surface area contributed by atoms with Crippen LogP contribution in [0.15, 0.2) is 84.9 Å². The molecular weight excluding hydrogens is 356 g/mol. The van der Waals surface area contributed by atoms with Crippen LogP contribution < -0.4 is 9.47 Å². The fraction of sp³-hybridized carbons (Fsp3) is 0.111. The molecule has 0 N–H and O–H groups in total. The molecule has 2 heteroatoms. The van der Waals surface area contributed by atoms with Crippen LogP contribution in [0.5, 0.6) is 11.5 Å². The molecule has 0 saturated heterocycles. The SMILES string of the molecule is COc1ccc2c(c1)C1(c3ccccc3-2)c2ccccc2-c2ccc(OC)cc21. The summed E-state index contributed by atoms with van der Waals surface area (Å²) in [5.74, 6) is 1.76. The third kappa shape index (κ3) is 1.91. The standard InChI is InChI=1S/C27H20O2/c1-28-17-11-13-21-19-7-3-5-9-23(19)27(25(21)15-17)24-10-6-4-8-20(24)22-14-12-18(29-2)16-26(22)27/h3-16H,1-2H3. The average molecular weight is 376 g/mol. The van der Waals surface area contributed by atoms with Gasteiger partial charge in [0.25, 0.3) is 0 Å². The van der Waals surface area contributed by atoms with Crippen molar-refractivity contribution in [2.24, 2.45) is 0 Å². The Bertz CT molecular complexity index is 1180. The van der Waals surface area contributed by atoms with Crippen LogP contribution in [0.25, 0.3) is 22.3 Å². The van der Waals surface area contributed by atoms with Gasteiger partial charge in [-0.1, -0.05) is 60.7 Å². The quantitative estimate of drug-likeness (QED) is 0.366. The first kappa shape index (κ1) is 16.4. The molecule has 2 aliphatic rings. The van der Waals surface area contributed by atoms with Gasteiger partial charge in [-0.05, 0) is 68.8 Å². The van der Waals surface area contributed by atoms with E-state index in [2.05, 4.69) is 84.9 Å². The second-order valence-electron chi connectivity index (χ2n) is 7.66. The first-order valence-corrected chi connectivity index (χ1v) is 9.86. The number of benzene rings is 4. The van der Waals surface area contributed by atoms with Crippen molar-refractivity contribution in [3.05, 3.63) is 107 Å². The monoisotopic (exact) mass is 376 g/mol. The first-order chi connectivity index (χ1) is 14.3. The highest BCUT2D eigenvalue weighted by atomic mass is 16.5. The number of hydrogen-bond acceptors (Lipinski definition) is 2. The second-order valence-corrected chi connectivity index (χ2v) is 7.66. The van der Waals surface area contributed by atoms with E-state index in [1.165, 1.54) is 44.5 Å². The Kier molecular flexibility index (Phi) is 3.25. The van der Waals surface area contributed by atoms with E-state index in [9.17, 15) is 0 Å². The fourth-order valence-corrected chi connectivity index (χ4v) is 5.35. The summed E-state index contributed by atoms with van der Waals surface area (Å²) in [4.78, 5) is 0. The largest absolute Gasteiger partial charge is 0.497 e. The van der Waals surface area contributed by atoms with E-state index < -0.39 is 0 Å². The van der Waals surface area contributed by atoms with Crippen LogP contribution in [0.3, 0.4) is 0 Å². The van der Waals surface area contributed by atoms with E-state index in [4.69, 9.17) is 9.47 Å². The molecule has 140 valence electrons. The number of rotatable bonds is 2. The normalized spacial score (nSPS) is 14.1. The lowest BCUT2D eigenvalue weighted by Crippen LogP contribution is -2.25. The molecule has 1 spiro atoms. The van der Waals surface area contributed by atoms with E-state index in [0.29, 0.717) is 0 Å². The van der Waals surface area contributed by atoms with Gasteiger partial charge in [0.1, 0.15) is 11.5 Å². The van der Waals surface area contributed by atoms with E-state index in [1.54, 1.807) is 14.2 Å². The van der Waals surface area contributed by atoms with Crippen LogP contribution in [-0.4, -0.2) is 14.2 Å². The van der Waals surface area contributed by atoms with Gasteiger partial charge < -0.3 is 9.47 Å². The van der Waals surface area contributed by atoms with Gasteiger partial charge in [-0.25, -0.2) is 0 Å². The number of ether oxygens (including phenoxy) is 2. The molecule has 0 radical (unpaired) electrons. The van der Waals surface area contributed by atoms with Gasteiger partial charge in [0.2, 0.25) is 0 Å². The van der Waals surface area contributed by atoms with E-state index in [0.717, 1.165) is 11.5 Å². The van der Waals surface area contributed by atoms with Crippen LogP contribution >= 0.6 is 0 Å². The molecular formula is C27H20O2.